The zero-order valence-electron chi connectivity index (χ0n) is 12.4. The number of furan rings is 1. The molecule has 2 aromatic heterocycles. The molecule has 0 aliphatic rings. The molecule has 0 radical (unpaired) electrons. The Morgan fingerprint density at radius 2 is 2.10 bits per heavy atom. The molecule has 2 aromatic rings. The molecule has 5 nitrogen and oxygen atoms in total. The lowest BCUT2D eigenvalue weighted by Crippen LogP contribution is -2.16. The van der Waals surface area contributed by atoms with Gasteiger partial charge in [-0.1, -0.05) is 12.2 Å². The van der Waals surface area contributed by atoms with Gasteiger partial charge < -0.3 is 15.5 Å². The summed E-state index contributed by atoms with van der Waals surface area (Å²) in [6.45, 7) is 7.88. The third kappa shape index (κ3) is 2.56. The van der Waals surface area contributed by atoms with Crippen molar-refractivity contribution in [1.29, 1.82) is 0 Å². The summed E-state index contributed by atoms with van der Waals surface area (Å²) in [5.74, 6) is 2.65. The van der Waals surface area contributed by atoms with Gasteiger partial charge in [0.05, 0.1) is 17.3 Å². The zero-order chi connectivity index (χ0) is 15.0. The molecule has 0 fully saturated rings. The molecule has 0 aliphatic heterocycles. The second-order valence-electron chi connectivity index (χ2n) is 5.03. The van der Waals surface area contributed by atoms with Crippen LogP contribution in [0.5, 0.6) is 0 Å². The van der Waals surface area contributed by atoms with Crippen molar-refractivity contribution in [1.82, 2.24) is 9.78 Å². The zero-order valence-corrected chi connectivity index (χ0v) is 13.3. The van der Waals surface area contributed by atoms with E-state index in [2.05, 4.69) is 17.3 Å². The molecule has 1 atom stereocenters. The molecule has 0 bridgehead atoms. The Morgan fingerprint density at radius 1 is 1.45 bits per heavy atom. The Bertz CT molecular complexity index is 656. The molecule has 108 valence electrons. The summed E-state index contributed by atoms with van der Waals surface area (Å²) >= 11 is 5.12. The van der Waals surface area contributed by atoms with E-state index < -0.39 is 0 Å². The number of nitrogens with two attached hydrogens (primary N) is 1. The minimum Gasteiger partial charge on any atom is -0.466 e. The maximum Gasteiger partial charge on any atom is 0.135 e. The van der Waals surface area contributed by atoms with Crippen LogP contribution in [0.3, 0.4) is 0 Å². The fourth-order valence-electron chi connectivity index (χ4n) is 2.48. The highest BCUT2D eigenvalue weighted by Gasteiger charge is 2.19. The first-order valence-electron chi connectivity index (χ1n) is 6.48. The van der Waals surface area contributed by atoms with Crippen LogP contribution in [0.1, 0.15) is 41.3 Å². The number of aromatic nitrogens is 2. The maximum atomic E-state index is 5.80. The average Bonchev–Trinajstić information content (AvgIpc) is 2.79. The van der Waals surface area contributed by atoms with E-state index in [1.165, 1.54) is 0 Å². The third-order valence-electron chi connectivity index (χ3n) is 3.37. The summed E-state index contributed by atoms with van der Waals surface area (Å²) < 4.78 is 7.34. The van der Waals surface area contributed by atoms with E-state index in [-0.39, 0.29) is 6.04 Å². The fraction of sp³-hybridized carbons (Fsp3) is 0.429. The van der Waals surface area contributed by atoms with E-state index >= 15 is 0 Å². The number of rotatable bonds is 4. The van der Waals surface area contributed by atoms with Gasteiger partial charge >= 0.3 is 0 Å². The summed E-state index contributed by atoms with van der Waals surface area (Å²) in [6.07, 6.45) is 0. The van der Waals surface area contributed by atoms with Gasteiger partial charge in [-0.25, -0.2) is 0 Å². The number of anilines is 1. The van der Waals surface area contributed by atoms with Crippen molar-refractivity contribution in [3.63, 3.8) is 0 Å². The van der Waals surface area contributed by atoms with Crippen molar-refractivity contribution in [2.75, 3.05) is 5.32 Å². The van der Waals surface area contributed by atoms with Crippen LogP contribution in [0.15, 0.2) is 10.5 Å². The lowest BCUT2D eigenvalue weighted by atomic mass is 10.1. The highest BCUT2D eigenvalue weighted by molar-refractivity contribution is 7.80. The molecule has 20 heavy (non-hydrogen) atoms. The Hall–Kier alpha value is -1.82. The molecule has 0 saturated carbocycles. The van der Waals surface area contributed by atoms with Gasteiger partial charge in [0.25, 0.3) is 0 Å². The second-order valence-corrected chi connectivity index (χ2v) is 5.47. The van der Waals surface area contributed by atoms with Gasteiger partial charge in [0.15, 0.2) is 0 Å². The van der Waals surface area contributed by atoms with Crippen molar-refractivity contribution in [3.8, 4) is 0 Å². The minimum atomic E-state index is 0.0790. The monoisotopic (exact) mass is 292 g/mol. The van der Waals surface area contributed by atoms with Gasteiger partial charge in [-0.2, -0.15) is 5.10 Å². The number of hydrogen-bond acceptors (Lipinski definition) is 4. The van der Waals surface area contributed by atoms with Crippen molar-refractivity contribution >= 4 is 23.0 Å². The molecule has 2 rings (SSSR count). The number of aryl methyl sites for hydroxylation is 4. The highest BCUT2D eigenvalue weighted by Crippen LogP contribution is 2.27. The normalized spacial score (nSPS) is 12.4. The van der Waals surface area contributed by atoms with Crippen LogP contribution < -0.4 is 11.1 Å². The minimum absolute atomic E-state index is 0.0790. The predicted octanol–water partition coefficient (Wildman–Crippen LogP) is 2.75. The topological polar surface area (TPSA) is 69.0 Å². The number of thiocarbonyl (C=S) groups is 1. The Morgan fingerprint density at radius 3 is 2.60 bits per heavy atom. The summed E-state index contributed by atoms with van der Waals surface area (Å²) in [7, 11) is 1.87. The quantitative estimate of drug-likeness (QED) is 0.848. The maximum absolute atomic E-state index is 5.80. The molecule has 2 heterocycles. The van der Waals surface area contributed by atoms with Crippen molar-refractivity contribution in [2.45, 2.75) is 33.7 Å². The van der Waals surface area contributed by atoms with E-state index in [1.54, 1.807) is 4.68 Å². The van der Waals surface area contributed by atoms with Crippen LogP contribution in [0.2, 0.25) is 0 Å². The summed E-state index contributed by atoms with van der Waals surface area (Å²) in [6, 6.07) is 2.12. The van der Waals surface area contributed by atoms with Crippen molar-refractivity contribution < 1.29 is 4.42 Å². The van der Waals surface area contributed by atoms with E-state index in [0.717, 1.165) is 34.2 Å². The van der Waals surface area contributed by atoms with Gasteiger partial charge in [-0.15, -0.1) is 0 Å². The van der Waals surface area contributed by atoms with E-state index in [4.69, 9.17) is 22.4 Å². The van der Waals surface area contributed by atoms with Crippen LogP contribution >= 0.6 is 12.2 Å². The average molecular weight is 292 g/mol. The molecule has 0 spiro atoms. The van der Waals surface area contributed by atoms with Crippen molar-refractivity contribution in [3.05, 3.63) is 34.4 Å². The van der Waals surface area contributed by atoms with Crippen LogP contribution in [-0.2, 0) is 7.05 Å². The lowest BCUT2D eigenvalue weighted by molar-refractivity contribution is 0.499. The smallest absolute Gasteiger partial charge is 0.135 e. The first-order chi connectivity index (χ1) is 9.31. The number of hydrogen-bond donors (Lipinski definition) is 2. The highest BCUT2D eigenvalue weighted by atomic mass is 32.1. The largest absolute Gasteiger partial charge is 0.466 e. The third-order valence-corrected chi connectivity index (χ3v) is 3.57. The Labute approximate surface area is 124 Å². The first kappa shape index (κ1) is 14.6. The SMILES string of the molecule is Cc1cc(C(C)Nc2c(C(N)=S)c(C)nn2C)c(C)o1. The summed E-state index contributed by atoms with van der Waals surface area (Å²) in [4.78, 5) is 0.352. The fourth-order valence-corrected chi connectivity index (χ4v) is 2.73. The van der Waals surface area contributed by atoms with Crippen molar-refractivity contribution in [2.24, 2.45) is 12.8 Å². The Kier molecular flexibility index (Phi) is 3.85. The van der Waals surface area contributed by atoms with Crippen LogP contribution in [0, 0.1) is 20.8 Å². The van der Waals surface area contributed by atoms with Crippen LogP contribution in [-0.4, -0.2) is 14.8 Å². The molecule has 6 heteroatoms. The second kappa shape index (κ2) is 5.28. The lowest BCUT2D eigenvalue weighted by Gasteiger charge is -2.16. The molecular formula is C14H20N4OS. The van der Waals surface area contributed by atoms with Gasteiger partial charge in [0.1, 0.15) is 22.3 Å². The first-order valence-corrected chi connectivity index (χ1v) is 6.89. The van der Waals surface area contributed by atoms with E-state index in [9.17, 15) is 0 Å². The predicted molar refractivity (Wildman–Crippen MR) is 84.1 cm³/mol. The molecule has 0 amide bonds. The molecule has 1 unspecified atom stereocenters. The number of nitrogens with zero attached hydrogens (tertiary/aromatic N) is 2. The van der Waals surface area contributed by atoms with E-state index in [1.807, 2.05) is 33.9 Å². The van der Waals surface area contributed by atoms with Crippen LogP contribution in [0.25, 0.3) is 0 Å². The standard InChI is InChI=1S/C14H20N4OS/c1-7-6-11(10(4)19-7)8(2)16-14-12(13(15)20)9(3)17-18(14)5/h6,8,16H,1-5H3,(H2,15,20). The summed E-state index contributed by atoms with van der Waals surface area (Å²) in [5.41, 5.74) is 8.54. The van der Waals surface area contributed by atoms with Gasteiger partial charge in [-0.05, 0) is 33.8 Å². The van der Waals surface area contributed by atoms with Gasteiger partial charge in [0.2, 0.25) is 0 Å². The van der Waals surface area contributed by atoms with Gasteiger partial charge in [0, 0.05) is 12.6 Å². The molecular weight excluding hydrogens is 272 g/mol. The Balaban J connectivity index is 2.35. The van der Waals surface area contributed by atoms with Gasteiger partial charge in [-0.3, -0.25) is 4.68 Å². The molecule has 0 saturated heterocycles. The molecule has 3 N–H and O–H groups in total. The molecule has 0 aliphatic carbocycles. The summed E-state index contributed by atoms with van der Waals surface area (Å²) in [5, 5.41) is 7.79. The molecule has 0 aromatic carbocycles. The van der Waals surface area contributed by atoms with Crippen LogP contribution in [0.4, 0.5) is 5.82 Å². The van der Waals surface area contributed by atoms with E-state index in [0.29, 0.717) is 4.99 Å². The number of nitrogens with one attached hydrogen (secondary N) is 1.